The lowest BCUT2D eigenvalue weighted by molar-refractivity contribution is 0.307. The minimum absolute atomic E-state index is 0.116. The van der Waals surface area contributed by atoms with Crippen LogP contribution in [0.3, 0.4) is 0 Å². The molecular formula is C8H11N3OS. The topological polar surface area (TPSA) is 63.2 Å². The molecule has 4 N–H and O–H groups in total. The number of thiophene rings is 1. The molecule has 0 spiro atoms. The van der Waals surface area contributed by atoms with Gasteiger partial charge in [-0.1, -0.05) is 0 Å². The summed E-state index contributed by atoms with van der Waals surface area (Å²) in [5.74, 6) is 0. The summed E-state index contributed by atoms with van der Waals surface area (Å²) in [6.45, 7) is 0.645. The van der Waals surface area contributed by atoms with Gasteiger partial charge in [0.2, 0.25) is 0 Å². The van der Waals surface area contributed by atoms with Gasteiger partial charge in [-0.3, -0.25) is 4.68 Å². The molecule has 0 aliphatic carbocycles. The Morgan fingerprint density at radius 2 is 2.46 bits per heavy atom. The van der Waals surface area contributed by atoms with Gasteiger partial charge in [-0.05, 0) is 11.4 Å². The molecule has 2 rings (SSSR count). The fourth-order valence-electron chi connectivity index (χ4n) is 1.26. The van der Waals surface area contributed by atoms with E-state index in [0.29, 0.717) is 6.54 Å². The predicted molar refractivity (Wildman–Crippen MR) is 55.5 cm³/mol. The summed E-state index contributed by atoms with van der Waals surface area (Å²) in [4.78, 5) is 1.09. The van der Waals surface area contributed by atoms with Crippen molar-refractivity contribution in [1.82, 2.24) is 4.68 Å². The van der Waals surface area contributed by atoms with Crippen LogP contribution in [0.5, 0.6) is 0 Å². The smallest absolute Gasteiger partial charge is 0.124 e. The van der Waals surface area contributed by atoms with E-state index in [9.17, 15) is 0 Å². The van der Waals surface area contributed by atoms with Crippen LogP contribution in [0.15, 0.2) is 17.6 Å². The van der Waals surface area contributed by atoms with E-state index in [2.05, 4.69) is 5.43 Å². The molecule has 2 heterocycles. The van der Waals surface area contributed by atoms with Gasteiger partial charge in [-0.2, -0.15) is 0 Å². The Balaban J connectivity index is 2.38. The number of nitrogens with zero attached hydrogens (tertiary/aromatic N) is 1. The number of nitrogen functional groups attached to an aromatic ring is 1. The Hall–Kier alpha value is -1.20. The Morgan fingerprint density at radius 1 is 1.62 bits per heavy atom. The van der Waals surface area contributed by atoms with Crippen LogP contribution < -0.4 is 11.2 Å². The maximum Gasteiger partial charge on any atom is 0.124 e. The van der Waals surface area contributed by atoms with Crippen molar-refractivity contribution in [3.8, 4) is 0 Å². The molecule has 2 aromatic rings. The first-order chi connectivity index (χ1) is 6.33. The second-order valence-corrected chi connectivity index (χ2v) is 3.62. The number of aliphatic hydroxyl groups is 1. The lowest BCUT2D eigenvalue weighted by atomic mass is 10.4. The fourth-order valence-corrected chi connectivity index (χ4v) is 2.14. The van der Waals surface area contributed by atoms with Gasteiger partial charge in [0, 0.05) is 5.39 Å². The van der Waals surface area contributed by atoms with Crippen LogP contribution in [0.2, 0.25) is 0 Å². The number of hydrogen-bond acceptors (Lipinski definition) is 4. The summed E-state index contributed by atoms with van der Waals surface area (Å²) in [6.07, 6.45) is 1.83. The summed E-state index contributed by atoms with van der Waals surface area (Å²) in [7, 11) is 0. The highest BCUT2D eigenvalue weighted by Crippen LogP contribution is 2.26. The Bertz CT molecular complexity index is 406. The molecule has 0 aliphatic heterocycles. The number of aliphatic hydroxyl groups excluding tert-OH is 1. The molecule has 0 saturated carbocycles. The number of nitrogens with one attached hydrogen (secondary N) is 1. The van der Waals surface area contributed by atoms with E-state index in [1.807, 2.05) is 22.3 Å². The molecule has 0 saturated heterocycles. The first-order valence-corrected chi connectivity index (χ1v) is 4.89. The average molecular weight is 197 g/mol. The van der Waals surface area contributed by atoms with Gasteiger partial charge < -0.3 is 16.3 Å². The van der Waals surface area contributed by atoms with Crippen molar-refractivity contribution in [2.45, 2.75) is 0 Å². The Labute approximate surface area is 79.6 Å². The summed E-state index contributed by atoms with van der Waals surface area (Å²) < 4.78 is 1.85. The van der Waals surface area contributed by atoms with E-state index in [1.54, 1.807) is 11.3 Å². The molecule has 0 aromatic carbocycles. The van der Waals surface area contributed by atoms with Crippen molar-refractivity contribution in [2.24, 2.45) is 0 Å². The van der Waals surface area contributed by atoms with E-state index in [-0.39, 0.29) is 6.61 Å². The maximum absolute atomic E-state index is 8.65. The van der Waals surface area contributed by atoms with Crippen LogP contribution in [-0.4, -0.2) is 22.9 Å². The van der Waals surface area contributed by atoms with Gasteiger partial charge in [-0.25, -0.2) is 0 Å². The first-order valence-electron chi connectivity index (χ1n) is 4.01. The van der Waals surface area contributed by atoms with E-state index < -0.39 is 0 Å². The summed E-state index contributed by atoms with van der Waals surface area (Å²) >= 11 is 1.62. The summed E-state index contributed by atoms with van der Waals surface area (Å²) in [5, 5.41) is 11.7. The third kappa shape index (κ3) is 1.36. The predicted octanol–water partition coefficient (Wildman–Crippen LogP) is 0.821. The second kappa shape index (κ2) is 3.27. The highest BCUT2D eigenvalue weighted by molar-refractivity contribution is 7.16. The van der Waals surface area contributed by atoms with Gasteiger partial charge in [0.1, 0.15) is 4.83 Å². The molecule has 0 radical (unpaired) electrons. The van der Waals surface area contributed by atoms with Crippen molar-refractivity contribution < 1.29 is 5.11 Å². The summed E-state index contributed by atoms with van der Waals surface area (Å²) in [5.41, 5.74) is 9.58. The SMILES string of the molecule is Nc1cn(NCCO)c2sccc12. The van der Waals surface area contributed by atoms with Crippen LogP contribution in [0, 0.1) is 0 Å². The van der Waals surface area contributed by atoms with E-state index in [0.717, 1.165) is 15.9 Å². The number of hydrogen-bond donors (Lipinski definition) is 3. The zero-order valence-corrected chi connectivity index (χ0v) is 7.84. The minimum Gasteiger partial charge on any atom is -0.397 e. The van der Waals surface area contributed by atoms with Crippen molar-refractivity contribution in [1.29, 1.82) is 0 Å². The van der Waals surface area contributed by atoms with Crippen LogP contribution in [-0.2, 0) is 0 Å². The van der Waals surface area contributed by atoms with Crippen LogP contribution in [0.4, 0.5) is 5.69 Å². The molecule has 0 atom stereocenters. The van der Waals surface area contributed by atoms with Gasteiger partial charge in [0.25, 0.3) is 0 Å². The standard InChI is InChI=1S/C8H11N3OS/c9-7-5-11(10-2-3-12)8-6(7)1-4-13-8/h1,4-5,10,12H,2-3,9H2. The lowest BCUT2D eigenvalue weighted by Gasteiger charge is -2.04. The van der Waals surface area contributed by atoms with E-state index >= 15 is 0 Å². The number of anilines is 1. The molecule has 0 fully saturated rings. The van der Waals surface area contributed by atoms with Gasteiger partial charge in [-0.15, -0.1) is 11.3 Å². The number of fused-ring (bicyclic) bond motifs is 1. The average Bonchev–Trinajstić information content (AvgIpc) is 2.67. The molecule has 4 nitrogen and oxygen atoms in total. The van der Waals surface area contributed by atoms with Gasteiger partial charge in [0.15, 0.2) is 0 Å². The highest BCUT2D eigenvalue weighted by Gasteiger charge is 2.05. The van der Waals surface area contributed by atoms with Gasteiger partial charge in [0.05, 0.1) is 25.0 Å². The number of aromatic nitrogens is 1. The van der Waals surface area contributed by atoms with Crippen molar-refractivity contribution in [3.63, 3.8) is 0 Å². The van der Waals surface area contributed by atoms with E-state index in [1.165, 1.54) is 0 Å². The number of nitrogens with two attached hydrogens (primary N) is 1. The third-order valence-corrected chi connectivity index (χ3v) is 2.75. The maximum atomic E-state index is 8.65. The fraction of sp³-hybridized carbons (Fsp3) is 0.250. The van der Waals surface area contributed by atoms with Crippen LogP contribution in [0.25, 0.3) is 10.2 Å². The molecule has 5 heteroatoms. The monoisotopic (exact) mass is 197 g/mol. The molecule has 0 amide bonds. The zero-order chi connectivity index (χ0) is 9.26. The van der Waals surface area contributed by atoms with Crippen molar-refractivity contribution >= 4 is 27.2 Å². The molecule has 13 heavy (non-hydrogen) atoms. The van der Waals surface area contributed by atoms with Crippen LogP contribution in [0.1, 0.15) is 0 Å². The third-order valence-electron chi connectivity index (χ3n) is 1.84. The van der Waals surface area contributed by atoms with Crippen molar-refractivity contribution in [3.05, 3.63) is 17.6 Å². The van der Waals surface area contributed by atoms with Crippen LogP contribution >= 0.6 is 11.3 Å². The molecule has 0 aliphatic rings. The molecule has 0 bridgehead atoms. The molecule has 2 aromatic heterocycles. The number of rotatable bonds is 3. The normalized spacial score (nSPS) is 10.8. The second-order valence-electron chi connectivity index (χ2n) is 2.73. The highest BCUT2D eigenvalue weighted by atomic mass is 32.1. The largest absolute Gasteiger partial charge is 0.397 e. The zero-order valence-electron chi connectivity index (χ0n) is 7.03. The van der Waals surface area contributed by atoms with Crippen molar-refractivity contribution in [2.75, 3.05) is 24.3 Å². The Kier molecular flexibility index (Phi) is 2.12. The molecule has 70 valence electrons. The Morgan fingerprint density at radius 3 is 3.23 bits per heavy atom. The minimum atomic E-state index is 0.116. The van der Waals surface area contributed by atoms with Gasteiger partial charge >= 0.3 is 0 Å². The molecule has 0 unspecified atom stereocenters. The van der Waals surface area contributed by atoms with E-state index in [4.69, 9.17) is 10.8 Å². The quantitative estimate of drug-likeness (QED) is 0.682. The summed E-state index contributed by atoms with van der Waals surface area (Å²) in [6, 6.07) is 1.99. The lowest BCUT2D eigenvalue weighted by Crippen LogP contribution is -2.16. The first kappa shape index (κ1) is 8.40. The molecular weight excluding hydrogens is 186 g/mol.